The summed E-state index contributed by atoms with van der Waals surface area (Å²) < 4.78 is 9.17. The number of nitrogens with zero attached hydrogens (tertiary/aromatic N) is 3. The molecule has 0 aliphatic rings. The second-order valence-corrected chi connectivity index (χ2v) is 15.8. The van der Waals surface area contributed by atoms with Crippen molar-refractivity contribution in [2.24, 2.45) is 0 Å². The Morgan fingerprint density at radius 2 is 1.00 bits per heavy atom. The predicted molar refractivity (Wildman–Crippen MR) is 250 cm³/mol. The van der Waals surface area contributed by atoms with E-state index in [0.29, 0.717) is 5.95 Å². The van der Waals surface area contributed by atoms with Gasteiger partial charge in [0.05, 0.1) is 22.2 Å². The Labute approximate surface area is 344 Å². The average Bonchev–Trinajstić information content (AvgIpc) is 3.85. The molecule has 0 saturated carbocycles. The molecule has 0 amide bonds. The number of hydrogen-bond acceptors (Lipinski definition) is 3. The molecule has 0 unspecified atom stereocenters. The molecular weight excluding hydrogens is 731 g/mol. The molecule has 0 atom stereocenters. The summed E-state index contributed by atoms with van der Waals surface area (Å²) in [7, 11) is 0. The molecule has 60 heavy (non-hydrogen) atoms. The molecule has 4 nitrogen and oxygen atoms in total. The smallest absolute Gasteiger partial charge is 0.235 e. The van der Waals surface area contributed by atoms with Crippen molar-refractivity contribution in [3.05, 3.63) is 200 Å². The summed E-state index contributed by atoms with van der Waals surface area (Å²) in [5.41, 5.74) is 11.0. The summed E-state index contributed by atoms with van der Waals surface area (Å²) in [6.45, 7) is 0. The zero-order chi connectivity index (χ0) is 39.3. The summed E-state index contributed by atoms with van der Waals surface area (Å²) in [6, 6.07) is 71.5. The molecule has 0 spiro atoms. The molecular formula is C56H33N3O. The van der Waals surface area contributed by atoms with Gasteiger partial charge in [-0.05, 0) is 109 Å². The number of benzene rings is 10. The third-order valence-electron chi connectivity index (χ3n) is 12.3. The van der Waals surface area contributed by atoms with Gasteiger partial charge in [-0.1, -0.05) is 146 Å². The number of hydrogen-bond donors (Lipinski definition) is 0. The van der Waals surface area contributed by atoms with Gasteiger partial charge in [0.2, 0.25) is 5.95 Å². The maximum absolute atomic E-state index is 6.92. The van der Waals surface area contributed by atoms with E-state index in [4.69, 9.17) is 14.4 Å². The largest absolute Gasteiger partial charge is 0.455 e. The third-order valence-corrected chi connectivity index (χ3v) is 12.3. The first-order valence-corrected chi connectivity index (χ1v) is 20.4. The summed E-state index contributed by atoms with van der Waals surface area (Å²) in [5, 5.41) is 12.6. The fourth-order valence-electron chi connectivity index (χ4n) is 9.46. The first-order valence-electron chi connectivity index (χ1n) is 20.4. The van der Waals surface area contributed by atoms with Gasteiger partial charge in [0.15, 0.2) is 0 Å². The number of fused-ring (bicyclic) bond motifs is 11. The van der Waals surface area contributed by atoms with E-state index < -0.39 is 0 Å². The highest BCUT2D eigenvalue weighted by atomic mass is 16.3. The first-order chi connectivity index (χ1) is 29.7. The molecule has 0 saturated heterocycles. The Kier molecular flexibility index (Phi) is 6.98. The van der Waals surface area contributed by atoms with Crippen LogP contribution in [0.15, 0.2) is 205 Å². The molecule has 0 N–H and O–H groups in total. The molecule has 0 fully saturated rings. The van der Waals surface area contributed by atoms with Gasteiger partial charge in [0, 0.05) is 32.5 Å². The van der Waals surface area contributed by atoms with Gasteiger partial charge in [-0.25, -0.2) is 9.97 Å². The van der Waals surface area contributed by atoms with Gasteiger partial charge in [0.25, 0.3) is 0 Å². The van der Waals surface area contributed by atoms with Crippen molar-refractivity contribution in [3.8, 4) is 39.5 Å². The fourth-order valence-corrected chi connectivity index (χ4v) is 9.46. The van der Waals surface area contributed by atoms with Crippen LogP contribution in [-0.4, -0.2) is 14.5 Å². The van der Waals surface area contributed by atoms with Gasteiger partial charge in [-0.2, -0.15) is 0 Å². The van der Waals surface area contributed by atoms with Crippen LogP contribution in [0.2, 0.25) is 0 Å². The van der Waals surface area contributed by atoms with Crippen molar-refractivity contribution in [2.45, 2.75) is 0 Å². The molecule has 3 heterocycles. The van der Waals surface area contributed by atoms with Crippen LogP contribution in [0, 0.1) is 0 Å². The lowest BCUT2D eigenvalue weighted by atomic mass is 9.96. The number of aromatic nitrogens is 3. The molecule has 13 rings (SSSR count). The lowest BCUT2D eigenvalue weighted by molar-refractivity contribution is 0.670. The van der Waals surface area contributed by atoms with Crippen LogP contribution in [0.1, 0.15) is 0 Å². The van der Waals surface area contributed by atoms with Crippen molar-refractivity contribution in [1.29, 1.82) is 0 Å². The molecule has 4 heteroatoms. The van der Waals surface area contributed by atoms with Crippen LogP contribution in [0.25, 0.3) is 126 Å². The second-order valence-electron chi connectivity index (χ2n) is 15.8. The zero-order valence-corrected chi connectivity index (χ0v) is 32.3. The van der Waals surface area contributed by atoms with Gasteiger partial charge < -0.3 is 4.42 Å². The van der Waals surface area contributed by atoms with Crippen LogP contribution in [0.5, 0.6) is 0 Å². The summed E-state index contributed by atoms with van der Waals surface area (Å²) in [4.78, 5) is 11.0. The van der Waals surface area contributed by atoms with E-state index in [2.05, 4.69) is 205 Å². The van der Waals surface area contributed by atoms with Gasteiger partial charge in [-0.3, -0.25) is 4.57 Å². The molecule has 0 aliphatic heterocycles. The lowest BCUT2D eigenvalue weighted by Crippen LogP contribution is -2.03. The molecule has 13 aromatic rings. The highest BCUT2D eigenvalue weighted by Crippen LogP contribution is 2.44. The number of para-hydroxylation sites is 1. The average molecular weight is 764 g/mol. The Morgan fingerprint density at radius 1 is 0.367 bits per heavy atom. The highest BCUT2D eigenvalue weighted by molar-refractivity contribution is 6.22. The summed E-state index contributed by atoms with van der Waals surface area (Å²) >= 11 is 0. The van der Waals surface area contributed by atoms with E-state index in [0.717, 1.165) is 82.6 Å². The monoisotopic (exact) mass is 763 g/mol. The van der Waals surface area contributed by atoms with E-state index in [-0.39, 0.29) is 0 Å². The van der Waals surface area contributed by atoms with E-state index in [1.165, 1.54) is 37.9 Å². The first kappa shape index (κ1) is 32.9. The second kappa shape index (κ2) is 12.7. The summed E-state index contributed by atoms with van der Waals surface area (Å²) in [6.07, 6.45) is 0. The van der Waals surface area contributed by atoms with Crippen molar-refractivity contribution < 1.29 is 4.42 Å². The van der Waals surface area contributed by atoms with Crippen molar-refractivity contribution in [2.75, 3.05) is 0 Å². The maximum Gasteiger partial charge on any atom is 0.235 e. The van der Waals surface area contributed by atoms with Crippen LogP contribution in [0.4, 0.5) is 0 Å². The topological polar surface area (TPSA) is 43.9 Å². The molecule has 278 valence electrons. The minimum absolute atomic E-state index is 0.609. The Bertz CT molecular complexity index is 3900. The van der Waals surface area contributed by atoms with E-state index in [9.17, 15) is 0 Å². The van der Waals surface area contributed by atoms with Crippen LogP contribution in [-0.2, 0) is 0 Å². The summed E-state index contributed by atoms with van der Waals surface area (Å²) in [5.74, 6) is 0.609. The Morgan fingerprint density at radius 3 is 1.85 bits per heavy atom. The zero-order valence-electron chi connectivity index (χ0n) is 32.3. The maximum atomic E-state index is 6.92. The van der Waals surface area contributed by atoms with Gasteiger partial charge >= 0.3 is 0 Å². The van der Waals surface area contributed by atoms with E-state index >= 15 is 0 Å². The quantitative estimate of drug-likeness (QED) is 0.179. The minimum atomic E-state index is 0.609. The standard InChI is InChI=1S/C56H33N3O/c1-2-12-34(13-3-1)42-31-46-45-29-38-17-6-7-18-39(38)33-52(45)60-55(46)48(32-42)54-44-20-10-11-21-49(44)57-56(58-54)59-50-26-25-41(40-23-22-35-14-4-5-16-37(35)28-40)30-47(50)53-43-19-9-8-15-36(43)24-27-51(53)59/h1-33H. The Balaban J connectivity index is 1.11. The van der Waals surface area contributed by atoms with E-state index in [1.54, 1.807) is 0 Å². The number of rotatable bonds is 4. The molecule has 10 aromatic carbocycles. The van der Waals surface area contributed by atoms with Crippen molar-refractivity contribution in [1.82, 2.24) is 14.5 Å². The highest BCUT2D eigenvalue weighted by Gasteiger charge is 2.23. The number of furan rings is 1. The molecule has 0 aliphatic carbocycles. The normalized spacial score (nSPS) is 12.0. The lowest BCUT2D eigenvalue weighted by Gasteiger charge is -2.13. The minimum Gasteiger partial charge on any atom is -0.455 e. The fraction of sp³-hybridized carbons (Fsp3) is 0. The van der Waals surface area contributed by atoms with Crippen LogP contribution < -0.4 is 0 Å². The van der Waals surface area contributed by atoms with Crippen LogP contribution in [0.3, 0.4) is 0 Å². The Hall–Kier alpha value is -8.08. The third kappa shape index (κ3) is 4.98. The molecule has 0 radical (unpaired) electrons. The molecule has 0 bridgehead atoms. The van der Waals surface area contributed by atoms with Crippen LogP contribution >= 0.6 is 0 Å². The SMILES string of the molecule is c1ccc(-c2cc(-c3nc(-n4c5ccc(-c6ccc7ccccc7c6)cc5c5c6ccccc6ccc54)nc4ccccc34)c3oc4cc5ccccc5cc4c3c2)cc1. The van der Waals surface area contributed by atoms with Crippen molar-refractivity contribution in [3.63, 3.8) is 0 Å². The van der Waals surface area contributed by atoms with Crippen molar-refractivity contribution >= 4 is 87.0 Å². The molecule has 3 aromatic heterocycles. The van der Waals surface area contributed by atoms with Gasteiger partial charge in [0.1, 0.15) is 11.2 Å². The van der Waals surface area contributed by atoms with Gasteiger partial charge in [-0.15, -0.1) is 0 Å². The predicted octanol–water partition coefficient (Wildman–Crippen LogP) is 15.1. The van der Waals surface area contributed by atoms with E-state index in [1.807, 2.05) is 0 Å².